The summed E-state index contributed by atoms with van der Waals surface area (Å²) >= 11 is 0. The SMILES string of the molecule is [O-][n+]1ncco1. The van der Waals surface area contributed by atoms with Crippen LogP contribution < -0.4 is 5.02 Å². The highest BCUT2D eigenvalue weighted by molar-refractivity contribution is 4.46. The molecule has 0 N–H and O–H groups in total. The van der Waals surface area contributed by atoms with Gasteiger partial charge in [-0.25, -0.2) is 5.21 Å². The molecular weight excluding hydrogens is 84.0 g/mol. The van der Waals surface area contributed by atoms with Gasteiger partial charge in [0.1, 0.15) is 6.20 Å². The lowest BCUT2D eigenvalue weighted by Crippen LogP contribution is -2.25. The minimum absolute atomic E-state index is 0.125. The molecule has 1 heterocycles. The molecule has 0 spiro atoms. The first-order valence-electron chi connectivity index (χ1n) is 1.39. The lowest BCUT2D eigenvalue weighted by atomic mass is 11.0. The van der Waals surface area contributed by atoms with Crippen molar-refractivity contribution in [2.45, 2.75) is 0 Å². The van der Waals surface area contributed by atoms with Crippen molar-refractivity contribution >= 4 is 0 Å². The van der Waals surface area contributed by atoms with Gasteiger partial charge in [-0.05, 0) is 0 Å². The van der Waals surface area contributed by atoms with Gasteiger partial charge in [-0.2, -0.15) is 0 Å². The van der Waals surface area contributed by atoms with Crippen molar-refractivity contribution in [3.8, 4) is 0 Å². The molecule has 4 nitrogen and oxygen atoms in total. The molecule has 0 atom stereocenters. The fourth-order valence-electron chi connectivity index (χ4n) is 0.188. The molecule has 6 heavy (non-hydrogen) atoms. The summed E-state index contributed by atoms with van der Waals surface area (Å²) < 4.78 is 4.08. The van der Waals surface area contributed by atoms with Gasteiger partial charge in [-0.1, -0.05) is 0 Å². The van der Waals surface area contributed by atoms with Crippen LogP contribution >= 0.6 is 0 Å². The Bertz CT molecular complexity index is 113. The van der Waals surface area contributed by atoms with Crippen molar-refractivity contribution in [1.82, 2.24) is 5.10 Å². The van der Waals surface area contributed by atoms with E-state index in [1.54, 1.807) is 0 Å². The minimum atomic E-state index is 0.125. The first kappa shape index (κ1) is 3.14. The van der Waals surface area contributed by atoms with E-state index in [9.17, 15) is 5.21 Å². The van der Waals surface area contributed by atoms with Crippen molar-refractivity contribution in [3.05, 3.63) is 17.7 Å². The van der Waals surface area contributed by atoms with E-state index in [1.807, 2.05) is 0 Å². The van der Waals surface area contributed by atoms with Crippen LogP contribution in [0.2, 0.25) is 0 Å². The summed E-state index contributed by atoms with van der Waals surface area (Å²) in [5, 5.41) is 12.9. The van der Waals surface area contributed by atoms with Crippen molar-refractivity contribution in [3.63, 3.8) is 0 Å². The monoisotopic (exact) mass is 86.0 g/mol. The highest BCUT2D eigenvalue weighted by Gasteiger charge is 1.80. The van der Waals surface area contributed by atoms with E-state index in [2.05, 4.69) is 9.62 Å². The summed E-state index contributed by atoms with van der Waals surface area (Å²) in [6, 6.07) is 0. The van der Waals surface area contributed by atoms with E-state index < -0.39 is 0 Å². The molecule has 0 aromatic carbocycles. The lowest BCUT2D eigenvalue weighted by molar-refractivity contribution is -0.840. The van der Waals surface area contributed by atoms with E-state index in [4.69, 9.17) is 0 Å². The van der Waals surface area contributed by atoms with Crippen molar-refractivity contribution in [2.24, 2.45) is 0 Å². The molecule has 0 saturated heterocycles. The zero-order valence-corrected chi connectivity index (χ0v) is 2.87. The van der Waals surface area contributed by atoms with Crippen LogP contribution in [0, 0.1) is 5.21 Å². The van der Waals surface area contributed by atoms with E-state index in [0.29, 0.717) is 0 Å². The first-order valence-corrected chi connectivity index (χ1v) is 1.39. The average molecular weight is 86.0 g/mol. The Hall–Kier alpha value is -1.06. The van der Waals surface area contributed by atoms with Crippen molar-refractivity contribution < 1.29 is 9.54 Å². The molecule has 0 aliphatic carbocycles. The van der Waals surface area contributed by atoms with Crippen LogP contribution in [0.5, 0.6) is 0 Å². The fourth-order valence-corrected chi connectivity index (χ4v) is 0.188. The molecular formula is C2H2N2O2. The number of hydrogen-bond donors (Lipinski definition) is 0. The van der Waals surface area contributed by atoms with Crippen LogP contribution in [0.15, 0.2) is 17.0 Å². The number of hydrogen-bond acceptors (Lipinski definition) is 3. The Kier molecular flexibility index (Phi) is 0.506. The molecule has 0 amide bonds. The van der Waals surface area contributed by atoms with Gasteiger partial charge in [0.2, 0.25) is 0 Å². The average Bonchev–Trinajstić information content (AvgIpc) is 1.86. The Labute approximate surface area is 33.5 Å². The highest BCUT2D eigenvalue weighted by Crippen LogP contribution is 1.62. The third-order valence-corrected chi connectivity index (χ3v) is 0.373. The second kappa shape index (κ2) is 0.965. The number of nitrogens with zero attached hydrogens (tertiary/aromatic N) is 2. The van der Waals surface area contributed by atoms with Gasteiger partial charge < -0.3 is 4.52 Å². The molecule has 0 aliphatic rings. The molecule has 0 saturated carbocycles. The molecule has 1 aromatic heterocycles. The molecule has 0 bridgehead atoms. The maximum Gasteiger partial charge on any atom is 0.178 e. The Morgan fingerprint density at radius 3 is 2.83 bits per heavy atom. The quantitative estimate of drug-likeness (QED) is 0.392. The van der Waals surface area contributed by atoms with Gasteiger partial charge in [0, 0.05) is 0 Å². The third-order valence-electron chi connectivity index (χ3n) is 0.373. The normalized spacial score (nSPS) is 8.67. The third kappa shape index (κ3) is 0.314. The maximum atomic E-state index is 9.71. The second-order valence-electron chi connectivity index (χ2n) is 0.744. The van der Waals surface area contributed by atoms with Gasteiger partial charge in [0.05, 0.1) is 11.4 Å². The number of rotatable bonds is 0. The zero-order chi connectivity index (χ0) is 4.41. The summed E-state index contributed by atoms with van der Waals surface area (Å²) in [4.78, 5) is 0. The Balaban J connectivity index is 3.05. The summed E-state index contributed by atoms with van der Waals surface area (Å²) in [6.45, 7) is 0. The van der Waals surface area contributed by atoms with Crippen LogP contribution in [0.25, 0.3) is 0 Å². The molecule has 32 valence electrons. The van der Waals surface area contributed by atoms with E-state index in [1.165, 1.54) is 12.5 Å². The molecule has 1 aromatic rings. The molecule has 0 radical (unpaired) electrons. The van der Waals surface area contributed by atoms with Crippen LogP contribution in [-0.2, 0) is 0 Å². The van der Waals surface area contributed by atoms with Crippen LogP contribution in [0.4, 0.5) is 0 Å². The van der Waals surface area contributed by atoms with Gasteiger partial charge >= 0.3 is 0 Å². The van der Waals surface area contributed by atoms with Gasteiger partial charge in [0.25, 0.3) is 0 Å². The first-order chi connectivity index (χ1) is 2.89. The molecule has 0 fully saturated rings. The topological polar surface area (TPSA) is 53.0 Å². The zero-order valence-electron chi connectivity index (χ0n) is 2.87. The van der Waals surface area contributed by atoms with E-state index in [0.717, 1.165) is 0 Å². The van der Waals surface area contributed by atoms with Gasteiger partial charge in [0.15, 0.2) is 5.02 Å². The molecule has 0 aliphatic heterocycles. The van der Waals surface area contributed by atoms with Crippen LogP contribution in [0.1, 0.15) is 0 Å². The summed E-state index contributed by atoms with van der Waals surface area (Å²) in [5.74, 6) is 0. The largest absolute Gasteiger partial charge is 0.350 e. The number of aromatic nitrogens is 2. The highest BCUT2D eigenvalue weighted by atomic mass is 16.7. The van der Waals surface area contributed by atoms with Gasteiger partial charge in [-0.3, -0.25) is 0 Å². The fraction of sp³-hybridized carbons (Fsp3) is 0. The van der Waals surface area contributed by atoms with Crippen molar-refractivity contribution in [1.29, 1.82) is 0 Å². The van der Waals surface area contributed by atoms with Crippen LogP contribution in [0.3, 0.4) is 0 Å². The smallest absolute Gasteiger partial charge is 0.178 e. The molecule has 1 rings (SSSR count). The maximum absolute atomic E-state index is 9.71. The predicted octanol–water partition coefficient (Wildman–Crippen LogP) is -0.692. The molecule has 4 heteroatoms. The summed E-state index contributed by atoms with van der Waals surface area (Å²) in [7, 11) is 0. The van der Waals surface area contributed by atoms with E-state index >= 15 is 0 Å². The predicted molar refractivity (Wildman–Crippen MR) is 15.5 cm³/mol. The van der Waals surface area contributed by atoms with Crippen LogP contribution in [-0.4, -0.2) is 5.10 Å². The lowest BCUT2D eigenvalue weighted by Gasteiger charge is -1.65. The second-order valence-corrected chi connectivity index (χ2v) is 0.744. The Morgan fingerprint density at radius 2 is 2.67 bits per heavy atom. The summed E-state index contributed by atoms with van der Waals surface area (Å²) in [6.07, 6.45) is 2.47. The van der Waals surface area contributed by atoms with Gasteiger partial charge in [-0.15, -0.1) is 0 Å². The molecule has 0 unspecified atom stereocenters. The standard InChI is InChI=1S/C2H2N2O2/c5-4-3-1-2-6-4/h1-2H. The summed E-state index contributed by atoms with van der Waals surface area (Å²) in [5.41, 5.74) is 0. The minimum Gasteiger partial charge on any atom is -0.350 e. The Morgan fingerprint density at radius 1 is 1.83 bits per heavy atom. The van der Waals surface area contributed by atoms with Crippen molar-refractivity contribution in [2.75, 3.05) is 0 Å². The van der Waals surface area contributed by atoms with E-state index in [-0.39, 0.29) is 5.02 Å².